The van der Waals surface area contributed by atoms with Gasteiger partial charge in [0, 0.05) is 11.8 Å². The molecule has 1 aromatic heterocycles. The van der Waals surface area contributed by atoms with E-state index in [9.17, 15) is 23.7 Å². The number of hydrogen-bond donors (Lipinski definition) is 2. The van der Waals surface area contributed by atoms with Gasteiger partial charge in [-0.15, -0.1) is 0 Å². The molecule has 1 aliphatic rings. The van der Waals surface area contributed by atoms with E-state index in [1.807, 2.05) is 0 Å². The van der Waals surface area contributed by atoms with Gasteiger partial charge in [-0.05, 0) is 27.2 Å². The fourth-order valence-corrected chi connectivity index (χ4v) is 4.48. The molecule has 0 amide bonds. The Morgan fingerprint density at radius 1 is 1.35 bits per heavy atom. The molecule has 0 spiro atoms. The first-order valence-corrected chi connectivity index (χ1v) is 10.1. The Kier molecular flexibility index (Phi) is 6.92. The Balaban J connectivity index is 2.15. The van der Waals surface area contributed by atoms with Crippen LogP contribution in [0.25, 0.3) is 0 Å². The van der Waals surface area contributed by atoms with E-state index in [1.54, 1.807) is 13.8 Å². The topological polar surface area (TPSA) is 120 Å². The highest BCUT2D eigenvalue weighted by atomic mass is 31.2. The zero-order chi connectivity index (χ0) is 19.5. The van der Waals surface area contributed by atoms with Gasteiger partial charge >= 0.3 is 13.3 Å². The summed E-state index contributed by atoms with van der Waals surface area (Å²) in [5.41, 5.74) is -1.21. The number of halogens is 1. The molecule has 148 valence electrons. The van der Waals surface area contributed by atoms with Crippen molar-refractivity contribution in [2.45, 2.75) is 51.8 Å². The summed E-state index contributed by atoms with van der Waals surface area (Å²) in [5, 5.41) is 10.1. The molecule has 0 saturated carbocycles. The van der Waals surface area contributed by atoms with E-state index in [2.05, 4.69) is 4.98 Å². The Bertz CT molecular complexity index is 770. The zero-order valence-corrected chi connectivity index (χ0v) is 15.8. The number of nitrogens with zero attached hydrogens (tertiary/aromatic N) is 1. The maximum Gasteiger partial charge on any atom is 0.330 e. The van der Waals surface area contributed by atoms with E-state index in [-0.39, 0.29) is 31.4 Å². The predicted molar refractivity (Wildman–Crippen MR) is 91.2 cm³/mol. The Hall–Kier alpha value is -1.32. The van der Waals surface area contributed by atoms with Gasteiger partial charge in [-0.25, -0.2) is 9.18 Å². The first kappa shape index (κ1) is 21.0. The highest BCUT2D eigenvalue weighted by Gasteiger charge is 2.46. The average molecular weight is 394 g/mol. The molecule has 1 saturated heterocycles. The summed E-state index contributed by atoms with van der Waals surface area (Å²) in [7, 11) is -3.36. The van der Waals surface area contributed by atoms with Crippen molar-refractivity contribution in [2.24, 2.45) is 0 Å². The van der Waals surface area contributed by atoms with Crippen LogP contribution in [-0.2, 0) is 18.3 Å². The molecule has 1 aromatic rings. The number of hydrogen-bond acceptors (Lipinski definition) is 7. The standard InChI is InChI=1S/C15H24FN2O7P/c1-4-23-26(22,24-5-2)7-6-10-12(19)11(16)14(25-10)18-8-9(3)13(20)17-15(18)21/h8,10-12,14,19H,4-7H2,1-3H3,(H,17,20,21)/t10-,11-,12-,14?/m1/s1. The van der Waals surface area contributed by atoms with Crippen molar-refractivity contribution in [3.05, 3.63) is 32.6 Å². The van der Waals surface area contributed by atoms with Crippen LogP contribution in [0.2, 0.25) is 0 Å². The minimum absolute atomic E-state index is 0.0203. The van der Waals surface area contributed by atoms with Crippen molar-refractivity contribution in [1.29, 1.82) is 0 Å². The van der Waals surface area contributed by atoms with Crippen LogP contribution >= 0.6 is 7.60 Å². The first-order chi connectivity index (χ1) is 12.2. The van der Waals surface area contributed by atoms with Crippen LogP contribution in [0.1, 0.15) is 32.1 Å². The van der Waals surface area contributed by atoms with Crippen molar-refractivity contribution in [2.75, 3.05) is 19.4 Å². The van der Waals surface area contributed by atoms with Crippen LogP contribution in [0.5, 0.6) is 0 Å². The molecular weight excluding hydrogens is 370 g/mol. The van der Waals surface area contributed by atoms with Crippen molar-refractivity contribution in [1.82, 2.24) is 9.55 Å². The number of rotatable bonds is 8. The van der Waals surface area contributed by atoms with E-state index in [0.29, 0.717) is 0 Å². The maximum atomic E-state index is 14.5. The number of alkyl halides is 1. The quantitative estimate of drug-likeness (QED) is 0.634. The van der Waals surface area contributed by atoms with E-state index in [1.165, 1.54) is 13.1 Å². The summed E-state index contributed by atoms with van der Waals surface area (Å²) in [4.78, 5) is 25.4. The fourth-order valence-electron chi connectivity index (χ4n) is 2.79. The summed E-state index contributed by atoms with van der Waals surface area (Å²) < 4.78 is 43.7. The van der Waals surface area contributed by atoms with Crippen LogP contribution in [0.4, 0.5) is 4.39 Å². The molecule has 1 fully saturated rings. The number of nitrogens with one attached hydrogen (secondary N) is 1. The van der Waals surface area contributed by atoms with Crippen LogP contribution < -0.4 is 11.2 Å². The highest BCUT2D eigenvalue weighted by molar-refractivity contribution is 7.53. The van der Waals surface area contributed by atoms with Gasteiger partial charge < -0.3 is 18.9 Å². The number of aryl methyl sites for hydroxylation is 1. The molecule has 0 aliphatic carbocycles. The molecular formula is C15H24FN2O7P. The largest absolute Gasteiger partial charge is 0.387 e. The van der Waals surface area contributed by atoms with Crippen molar-refractivity contribution < 1.29 is 27.8 Å². The van der Waals surface area contributed by atoms with Crippen LogP contribution in [0.3, 0.4) is 0 Å². The van der Waals surface area contributed by atoms with E-state index in [0.717, 1.165) is 4.57 Å². The summed E-state index contributed by atoms with van der Waals surface area (Å²) in [5.74, 6) is 0. The Morgan fingerprint density at radius 3 is 2.54 bits per heavy atom. The fraction of sp³-hybridized carbons (Fsp3) is 0.733. The third-order valence-electron chi connectivity index (χ3n) is 4.05. The van der Waals surface area contributed by atoms with Crippen molar-refractivity contribution in [3.63, 3.8) is 0 Å². The lowest BCUT2D eigenvalue weighted by Gasteiger charge is -2.20. The molecule has 0 radical (unpaired) electrons. The molecule has 2 rings (SSSR count). The minimum atomic E-state index is -3.36. The lowest BCUT2D eigenvalue weighted by atomic mass is 10.1. The lowest BCUT2D eigenvalue weighted by molar-refractivity contribution is -0.0283. The molecule has 1 aliphatic heterocycles. The van der Waals surface area contributed by atoms with E-state index >= 15 is 0 Å². The summed E-state index contributed by atoms with van der Waals surface area (Å²) in [6.07, 6.45) is -4.65. The van der Waals surface area contributed by atoms with Crippen molar-refractivity contribution >= 4 is 7.60 Å². The number of aromatic amines is 1. The van der Waals surface area contributed by atoms with Crippen LogP contribution in [-0.4, -0.2) is 52.4 Å². The van der Waals surface area contributed by atoms with Gasteiger partial charge in [0.25, 0.3) is 5.56 Å². The van der Waals surface area contributed by atoms with Gasteiger partial charge in [0.1, 0.15) is 6.10 Å². The summed E-state index contributed by atoms with van der Waals surface area (Å²) in [6, 6.07) is 0. The third-order valence-corrected chi connectivity index (χ3v) is 6.16. The summed E-state index contributed by atoms with van der Waals surface area (Å²) in [6.45, 7) is 5.18. The van der Waals surface area contributed by atoms with Gasteiger partial charge in [-0.1, -0.05) is 0 Å². The Labute approximate surface area is 149 Å². The van der Waals surface area contributed by atoms with Gasteiger partial charge in [0.2, 0.25) is 0 Å². The molecule has 26 heavy (non-hydrogen) atoms. The minimum Gasteiger partial charge on any atom is -0.387 e. The van der Waals surface area contributed by atoms with Crippen molar-refractivity contribution in [3.8, 4) is 0 Å². The molecule has 1 unspecified atom stereocenters. The highest BCUT2D eigenvalue weighted by Crippen LogP contribution is 2.49. The number of aliphatic hydroxyl groups is 1. The van der Waals surface area contributed by atoms with Gasteiger partial charge in [0.05, 0.1) is 25.5 Å². The smallest absolute Gasteiger partial charge is 0.330 e. The molecule has 4 atom stereocenters. The Morgan fingerprint density at radius 2 is 1.96 bits per heavy atom. The van der Waals surface area contributed by atoms with E-state index in [4.69, 9.17) is 13.8 Å². The first-order valence-electron chi connectivity index (χ1n) is 8.40. The van der Waals surface area contributed by atoms with Gasteiger partial charge in [-0.2, -0.15) is 0 Å². The molecule has 2 heterocycles. The second-order valence-electron chi connectivity index (χ2n) is 5.94. The van der Waals surface area contributed by atoms with Crippen LogP contribution in [0, 0.1) is 6.92 Å². The normalized spacial score (nSPS) is 26.3. The molecule has 2 N–H and O–H groups in total. The third kappa shape index (κ3) is 4.50. The number of ether oxygens (including phenoxy) is 1. The number of aromatic nitrogens is 2. The number of H-pyrrole nitrogens is 1. The predicted octanol–water partition coefficient (Wildman–Crippen LogP) is 1.10. The maximum absolute atomic E-state index is 14.5. The van der Waals surface area contributed by atoms with E-state index < -0.39 is 43.5 Å². The average Bonchev–Trinajstić information content (AvgIpc) is 2.85. The molecule has 9 nitrogen and oxygen atoms in total. The number of aliphatic hydroxyl groups excluding tert-OH is 1. The summed E-state index contributed by atoms with van der Waals surface area (Å²) >= 11 is 0. The SMILES string of the molecule is CCOP(=O)(CC[C@H]1OC(n2cc(C)c(=O)[nH]c2=O)[C@H](F)[C@@H]1O)OCC. The molecule has 0 aromatic carbocycles. The van der Waals surface area contributed by atoms with Gasteiger partial charge in [-0.3, -0.25) is 18.9 Å². The molecule has 0 bridgehead atoms. The second-order valence-corrected chi connectivity index (χ2v) is 8.12. The lowest BCUT2D eigenvalue weighted by Crippen LogP contribution is -2.36. The zero-order valence-electron chi connectivity index (χ0n) is 14.9. The molecule has 11 heteroatoms. The second kappa shape index (κ2) is 8.58. The van der Waals surface area contributed by atoms with Crippen LogP contribution in [0.15, 0.2) is 15.8 Å². The van der Waals surface area contributed by atoms with Gasteiger partial charge in [0.15, 0.2) is 12.4 Å². The monoisotopic (exact) mass is 394 g/mol.